The molecule has 3 aromatic heterocycles. The van der Waals surface area contributed by atoms with E-state index in [4.69, 9.17) is 4.98 Å². The van der Waals surface area contributed by atoms with E-state index in [1.54, 1.807) is 17.2 Å². The van der Waals surface area contributed by atoms with E-state index in [2.05, 4.69) is 31.1 Å². The summed E-state index contributed by atoms with van der Waals surface area (Å²) in [4.78, 5) is 13.3. The van der Waals surface area contributed by atoms with Crippen LogP contribution in [0.1, 0.15) is 24.4 Å². The van der Waals surface area contributed by atoms with Gasteiger partial charge in [-0.1, -0.05) is 0 Å². The van der Waals surface area contributed by atoms with Crippen molar-refractivity contribution in [3.8, 4) is 0 Å². The number of fused-ring (bicyclic) bond motifs is 2. The van der Waals surface area contributed by atoms with E-state index >= 15 is 0 Å². The summed E-state index contributed by atoms with van der Waals surface area (Å²) < 4.78 is 4.05. The largest absolute Gasteiger partial charge is 0.369 e. The Morgan fingerprint density at radius 1 is 1.27 bits per heavy atom. The van der Waals surface area contributed by atoms with Crippen LogP contribution in [0.4, 0.5) is 5.82 Å². The molecule has 1 aliphatic rings. The molecule has 0 bridgehead atoms. The second-order valence-corrected chi connectivity index (χ2v) is 5.70. The first kappa shape index (κ1) is 13.2. The second-order valence-electron chi connectivity index (χ2n) is 5.70. The van der Waals surface area contributed by atoms with E-state index in [1.807, 2.05) is 7.05 Å². The summed E-state index contributed by atoms with van der Waals surface area (Å²) in [5, 5.41) is 8.55. The minimum atomic E-state index is 0.803. The van der Waals surface area contributed by atoms with E-state index in [-0.39, 0.29) is 0 Å². The molecule has 22 heavy (non-hydrogen) atoms. The Kier molecular flexibility index (Phi) is 3.25. The van der Waals surface area contributed by atoms with Gasteiger partial charge >= 0.3 is 0 Å². The molecule has 0 amide bonds. The van der Waals surface area contributed by atoms with Crippen molar-refractivity contribution in [3.63, 3.8) is 0 Å². The third kappa shape index (κ3) is 2.32. The number of nitrogens with zero attached hydrogens (tertiary/aromatic N) is 6. The molecule has 0 fully saturated rings. The van der Waals surface area contributed by atoms with Gasteiger partial charge in [0.05, 0.1) is 17.3 Å². The van der Waals surface area contributed by atoms with Crippen molar-refractivity contribution in [1.82, 2.24) is 29.3 Å². The highest BCUT2D eigenvalue weighted by Gasteiger charge is 2.12. The van der Waals surface area contributed by atoms with Gasteiger partial charge in [-0.05, 0) is 12.8 Å². The van der Waals surface area contributed by atoms with E-state index < -0.39 is 0 Å². The minimum absolute atomic E-state index is 0.803. The zero-order valence-electron chi connectivity index (χ0n) is 12.7. The fourth-order valence-electron chi connectivity index (χ4n) is 3.00. The van der Waals surface area contributed by atoms with Crippen molar-refractivity contribution < 1.29 is 0 Å². The van der Waals surface area contributed by atoms with Crippen molar-refractivity contribution in [2.24, 2.45) is 7.05 Å². The molecule has 114 valence electrons. The first-order chi connectivity index (χ1) is 10.8. The van der Waals surface area contributed by atoms with Crippen LogP contribution in [0.25, 0.3) is 11.0 Å². The maximum absolute atomic E-state index is 4.72. The molecule has 0 aromatic carbocycles. The predicted octanol–water partition coefficient (Wildman–Crippen LogP) is 1.55. The van der Waals surface area contributed by atoms with Crippen molar-refractivity contribution in [1.29, 1.82) is 0 Å². The smallest absolute Gasteiger partial charge is 0.163 e. The minimum Gasteiger partial charge on any atom is -0.369 e. The van der Waals surface area contributed by atoms with Crippen molar-refractivity contribution >= 4 is 16.9 Å². The van der Waals surface area contributed by atoms with Crippen LogP contribution >= 0.6 is 0 Å². The Labute approximate surface area is 128 Å². The van der Waals surface area contributed by atoms with Gasteiger partial charge in [0.15, 0.2) is 5.65 Å². The van der Waals surface area contributed by atoms with E-state index in [9.17, 15) is 0 Å². The molecule has 1 N–H and O–H groups in total. The Hall–Kier alpha value is -2.44. The number of nitrogens with one attached hydrogen (secondary N) is 1. The van der Waals surface area contributed by atoms with Crippen LogP contribution in [0.2, 0.25) is 0 Å². The predicted molar refractivity (Wildman–Crippen MR) is 83.7 cm³/mol. The Morgan fingerprint density at radius 3 is 3.14 bits per heavy atom. The van der Waals surface area contributed by atoms with Crippen LogP contribution in [-0.4, -0.2) is 35.8 Å². The summed E-state index contributed by atoms with van der Waals surface area (Å²) >= 11 is 0. The van der Waals surface area contributed by atoms with Gasteiger partial charge in [-0.2, -0.15) is 5.10 Å². The first-order valence-corrected chi connectivity index (χ1v) is 7.73. The van der Waals surface area contributed by atoms with Crippen LogP contribution in [0, 0.1) is 0 Å². The quantitative estimate of drug-likeness (QED) is 0.791. The lowest BCUT2D eigenvalue weighted by atomic mass is 10.2. The van der Waals surface area contributed by atoms with Gasteiger partial charge in [0.1, 0.15) is 18.0 Å². The lowest BCUT2D eigenvalue weighted by molar-refractivity contribution is 0.522. The van der Waals surface area contributed by atoms with Gasteiger partial charge in [0.2, 0.25) is 0 Å². The van der Waals surface area contributed by atoms with Gasteiger partial charge in [-0.15, -0.1) is 0 Å². The fraction of sp³-hybridized carbons (Fsp3) is 0.467. The molecular formula is C15H19N7. The molecule has 0 saturated heterocycles. The van der Waals surface area contributed by atoms with Crippen LogP contribution in [0.3, 0.4) is 0 Å². The molecular weight excluding hydrogens is 278 g/mol. The van der Waals surface area contributed by atoms with Gasteiger partial charge in [0.25, 0.3) is 0 Å². The molecule has 4 heterocycles. The van der Waals surface area contributed by atoms with E-state index in [0.29, 0.717) is 0 Å². The fourth-order valence-corrected chi connectivity index (χ4v) is 3.00. The molecule has 0 atom stereocenters. The number of aromatic nitrogens is 6. The summed E-state index contributed by atoms with van der Waals surface area (Å²) in [6, 6.07) is 0. The number of hydrogen-bond acceptors (Lipinski definition) is 5. The second kappa shape index (κ2) is 5.40. The molecule has 0 aliphatic carbocycles. The molecule has 0 spiro atoms. The first-order valence-electron chi connectivity index (χ1n) is 7.73. The number of imidazole rings is 1. The molecule has 0 unspecified atom stereocenters. The third-order valence-corrected chi connectivity index (χ3v) is 4.16. The SMILES string of the molecule is Cn1ncc2c(NCCc3cn4c(n3)CCCC4)ncnc21. The van der Waals surface area contributed by atoms with Gasteiger partial charge in [0, 0.05) is 39.2 Å². The average molecular weight is 297 g/mol. The summed E-state index contributed by atoms with van der Waals surface area (Å²) in [5.74, 6) is 2.07. The molecule has 3 aromatic rings. The topological polar surface area (TPSA) is 73.5 Å². The number of aryl methyl sites for hydroxylation is 3. The normalized spacial score (nSPS) is 14.2. The number of anilines is 1. The highest BCUT2D eigenvalue weighted by atomic mass is 15.3. The Morgan fingerprint density at radius 2 is 2.23 bits per heavy atom. The summed E-state index contributed by atoms with van der Waals surface area (Å²) in [6.45, 7) is 1.91. The molecule has 4 rings (SSSR count). The van der Waals surface area contributed by atoms with Crippen molar-refractivity contribution in [3.05, 3.63) is 30.2 Å². The van der Waals surface area contributed by atoms with Gasteiger partial charge in [-0.3, -0.25) is 4.68 Å². The number of rotatable bonds is 4. The molecule has 0 saturated carbocycles. The monoisotopic (exact) mass is 297 g/mol. The maximum atomic E-state index is 4.72. The van der Waals surface area contributed by atoms with E-state index in [0.717, 1.165) is 48.5 Å². The Bertz CT molecular complexity index is 778. The maximum Gasteiger partial charge on any atom is 0.163 e. The molecule has 7 nitrogen and oxygen atoms in total. The summed E-state index contributed by atoms with van der Waals surface area (Å²) in [5.41, 5.74) is 2.00. The highest BCUT2D eigenvalue weighted by Crippen LogP contribution is 2.18. The van der Waals surface area contributed by atoms with Crippen molar-refractivity contribution in [2.75, 3.05) is 11.9 Å². The van der Waals surface area contributed by atoms with Crippen molar-refractivity contribution in [2.45, 2.75) is 32.2 Å². The summed E-state index contributed by atoms with van der Waals surface area (Å²) in [6.07, 6.45) is 10.1. The van der Waals surface area contributed by atoms with Crippen LogP contribution in [-0.2, 0) is 26.4 Å². The molecule has 1 aliphatic heterocycles. The lowest BCUT2D eigenvalue weighted by Gasteiger charge is -2.11. The van der Waals surface area contributed by atoms with E-state index in [1.165, 1.54) is 18.7 Å². The van der Waals surface area contributed by atoms with Crippen LogP contribution < -0.4 is 5.32 Å². The van der Waals surface area contributed by atoms with Crippen LogP contribution in [0.15, 0.2) is 18.7 Å². The lowest BCUT2D eigenvalue weighted by Crippen LogP contribution is -2.08. The number of hydrogen-bond donors (Lipinski definition) is 1. The molecule has 0 radical (unpaired) electrons. The average Bonchev–Trinajstić information content (AvgIpc) is 3.11. The standard InChI is InChI=1S/C15H19N7/c1-21-15-12(8-19-21)14(17-10-18-15)16-6-5-11-9-22-7-3-2-4-13(22)20-11/h8-10H,2-7H2,1H3,(H,16,17,18). The summed E-state index contributed by atoms with van der Waals surface area (Å²) in [7, 11) is 1.88. The molecule has 7 heteroatoms. The Balaban J connectivity index is 1.45. The highest BCUT2D eigenvalue weighted by molar-refractivity contribution is 5.85. The third-order valence-electron chi connectivity index (χ3n) is 4.16. The van der Waals surface area contributed by atoms with Gasteiger partial charge < -0.3 is 9.88 Å². The zero-order chi connectivity index (χ0) is 14.9. The van der Waals surface area contributed by atoms with Gasteiger partial charge in [-0.25, -0.2) is 15.0 Å². The zero-order valence-corrected chi connectivity index (χ0v) is 12.7. The van der Waals surface area contributed by atoms with Crippen LogP contribution in [0.5, 0.6) is 0 Å².